The van der Waals surface area contributed by atoms with Gasteiger partial charge in [0.1, 0.15) is 11.6 Å². The number of anilines is 3. The topological polar surface area (TPSA) is 107 Å². The van der Waals surface area contributed by atoms with Crippen molar-refractivity contribution >= 4 is 23.1 Å². The predicted molar refractivity (Wildman–Crippen MR) is 122 cm³/mol. The molecule has 9 nitrogen and oxygen atoms in total. The number of hydrogen-bond donors (Lipinski definition) is 2. The Morgan fingerprint density at radius 2 is 1.84 bits per heavy atom. The number of benzene rings is 2. The molecule has 2 aromatic heterocycles. The third-order valence-electron chi connectivity index (χ3n) is 4.80. The lowest BCUT2D eigenvalue weighted by atomic mass is 10.1. The van der Waals surface area contributed by atoms with E-state index < -0.39 is 0 Å². The molecule has 0 radical (unpaired) electrons. The molecule has 4 aromatic rings. The zero-order valence-corrected chi connectivity index (χ0v) is 18.0. The number of aromatic nitrogens is 5. The second-order valence-electron chi connectivity index (χ2n) is 7.08. The van der Waals surface area contributed by atoms with Crippen LogP contribution >= 0.6 is 0 Å². The highest BCUT2D eigenvalue weighted by molar-refractivity contribution is 6.07. The minimum Gasteiger partial charge on any atom is -0.494 e. The van der Waals surface area contributed by atoms with Gasteiger partial charge in [-0.25, -0.2) is 4.98 Å². The van der Waals surface area contributed by atoms with Crippen LogP contribution < -0.4 is 15.4 Å². The number of nitrogens with one attached hydrogen (secondary N) is 2. The Bertz CT molecular complexity index is 1240. The van der Waals surface area contributed by atoms with Gasteiger partial charge in [0, 0.05) is 17.6 Å². The molecule has 2 N–H and O–H groups in total. The second kappa shape index (κ2) is 9.25. The molecule has 0 bridgehead atoms. The normalized spacial score (nSPS) is 10.6. The molecule has 162 valence electrons. The first kappa shape index (κ1) is 21.0. The van der Waals surface area contributed by atoms with Crippen LogP contribution in [0, 0.1) is 13.8 Å². The summed E-state index contributed by atoms with van der Waals surface area (Å²) in [6, 6.07) is 16.5. The van der Waals surface area contributed by atoms with E-state index in [4.69, 9.17) is 4.74 Å². The van der Waals surface area contributed by atoms with Gasteiger partial charge in [-0.3, -0.25) is 4.79 Å². The third-order valence-corrected chi connectivity index (χ3v) is 4.80. The van der Waals surface area contributed by atoms with E-state index in [-0.39, 0.29) is 5.91 Å². The Hall–Kier alpha value is -4.27. The van der Waals surface area contributed by atoms with E-state index in [1.165, 1.54) is 0 Å². The summed E-state index contributed by atoms with van der Waals surface area (Å²) in [7, 11) is 0. The molecule has 2 heterocycles. The molecule has 1 amide bonds. The average molecular weight is 429 g/mol. The van der Waals surface area contributed by atoms with Crippen LogP contribution in [-0.2, 0) is 0 Å². The Kier molecular flexibility index (Phi) is 6.07. The highest BCUT2D eigenvalue weighted by Crippen LogP contribution is 2.24. The lowest BCUT2D eigenvalue weighted by Crippen LogP contribution is -2.15. The molecular weight excluding hydrogens is 406 g/mol. The molecule has 0 aliphatic heterocycles. The van der Waals surface area contributed by atoms with Crippen molar-refractivity contribution in [3.8, 4) is 11.4 Å². The maximum atomic E-state index is 13.1. The van der Waals surface area contributed by atoms with Crippen LogP contribution in [0.5, 0.6) is 5.75 Å². The Morgan fingerprint density at radius 1 is 1.06 bits per heavy atom. The summed E-state index contributed by atoms with van der Waals surface area (Å²) in [5.74, 6) is 1.61. The largest absolute Gasteiger partial charge is 0.494 e. The van der Waals surface area contributed by atoms with Crippen LogP contribution in [0.15, 0.2) is 60.8 Å². The number of carbonyl (C=O) groups is 1. The first-order valence-corrected chi connectivity index (χ1v) is 10.2. The second-order valence-corrected chi connectivity index (χ2v) is 7.08. The van der Waals surface area contributed by atoms with Gasteiger partial charge in [0.2, 0.25) is 0 Å². The van der Waals surface area contributed by atoms with Crippen molar-refractivity contribution < 1.29 is 9.53 Å². The van der Waals surface area contributed by atoms with Crippen LogP contribution in [0.4, 0.5) is 17.2 Å². The summed E-state index contributed by atoms with van der Waals surface area (Å²) in [5, 5.41) is 17.8. The van der Waals surface area contributed by atoms with E-state index in [0.29, 0.717) is 29.5 Å². The molecule has 0 fully saturated rings. The Morgan fingerprint density at radius 3 is 2.56 bits per heavy atom. The summed E-state index contributed by atoms with van der Waals surface area (Å²) in [6.45, 7) is 6.32. The molecule has 0 saturated heterocycles. The van der Waals surface area contributed by atoms with Crippen molar-refractivity contribution in [1.29, 1.82) is 0 Å². The summed E-state index contributed by atoms with van der Waals surface area (Å²) in [6.07, 6.45) is 1.64. The van der Waals surface area contributed by atoms with E-state index in [0.717, 1.165) is 22.7 Å². The number of aryl methyl sites for hydroxylation is 2. The van der Waals surface area contributed by atoms with Gasteiger partial charge in [-0.1, -0.05) is 6.07 Å². The highest BCUT2D eigenvalue weighted by atomic mass is 16.5. The molecule has 32 heavy (non-hydrogen) atoms. The minimum atomic E-state index is -0.283. The van der Waals surface area contributed by atoms with Gasteiger partial charge in [0.05, 0.1) is 17.9 Å². The Balaban J connectivity index is 1.55. The first-order valence-electron chi connectivity index (χ1n) is 10.2. The number of amides is 1. The molecule has 0 aliphatic rings. The number of tetrazole rings is 1. The first-order chi connectivity index (χ1) is 15.5. The minimum absolute atomic E-state index is 0.283. The zero-order valence-electron chi connectivity index (χ0n) is 18.0. The number of hydrogen-bond acceptors (Lipinski definition) is 7. The molecule has 0 saturated carbocycles. The van der Waals surface area contributed by atoms with E-state index >= 15 is 0 Å². The van der Waals surface area contributed by atoms with Gasteiger partial charge in [-0.2, -0.15) is 4.68 Å². The van der Waals surface area contributed by atoms with E-state index in [1.54, 1.807) is 23.0 Å². The van der Waals surface area contributed by atoms with Crippen molar-refractivity contribution in [3.63, 3.8) is 0 Å². The van der Waals surface area contributed by atoms with E-state index in [2.05, 4.69) is 31.1 Å². The molecule has 0 unspecified atom stereocenters. The summed E-state index contributed by atoms with van der Waals surface area (Å²) < 4.78 is 7.10. The van der Waals surface area contributed by atoms with Gasteiger partial charge in [-0.05, 0) is 85.3 Å². The van der Waals surface area contributed by atoms with E-state index in [9.17, 15) is 4.79 Å². The lowest BCUT2D eigenvalue weighted by Gasteiger charge is -2.13. The lowest BCUT2D eigenvalue weighted by molar-refractivity contribution is 0.102. The molecule has 2 aromatic carbocycles. The summed E-state index contributed by atoms with van der Waals surface area (Å²) in [4.78, 5) is 17.4. The van der Waals surface area contributed by atoms with Crippen LogP contribution in [0.1, 0.15) is 28.7 Å². The average Bonchev–Trinajstić information content (AvgIpc) is 3.22. The fourth-order valence-corrected chi connectivity index (χ4v) is 3.19. The maximum Gasteiger partial charge on any atom is 0.259 e. The van der Waals surface area contributed by atoms with Gasteiger partial charge in [-0.15, -0.1) is 5.10 Å². The third kappa shape index (κ3) is 4.56. The predicted octanol–water partition coefficient (Wildman–Crippen LogP) is 4.07. The van der Waals surface area contributed by atoms with Crippen molar-refractivity contribution in [2.75, 3.05) is 17.2 Å². The fourth-order valence-electron chi connectivity index (χ4n) is 3.19. The van der Waals surface area contributed by atoms with Crippen molar-refractivity contribution in [2.45, 2.75) is 20.8 Å². The molecule has 0 aliphatic carbocycles. The van der Waals surface area contributed by atoms with Gasteiger partial charge in [0.15, 0.2) is 5.82 Å². The van der Waals surface area contributed by atoms with Crippen LogP contribution in [0.3, 0.4) is 0 Å². The summed E-state index contributed by atoms with van der Waals surface area (Å²) in [5.41, 5.74) is 3.62. The standard InChI is InChI=1S/C23H23N7O2/c1-4-32-19-11-9-17(10-12-19)25-22-20(6-5-13-24-22)23(31)26-18-8-7-15(2)21(14-18)30-16(3)27-28-29-30/h5-14H,4H2,1-3H3,(H,24,25)(H,26,31). The van der Waals surface area contributed by atoms with Crippen LogP contribution in [0.25, 0.3) is 5.69 Å². The number of nitrogens with zero attached hydrogens (tertiary/aromatic N) is 5. The number of rotatable bonds is 7. The monoisotopic (exact) mass is 429 g/mol. The van der Waals surface area contributed by atoms with Crippen molar-refractivity contribution in [2.24, 2.45) is 0 Å². The number of ether oxygens (including phenoxy) is 1. The van der Waals surface area contributed by atoms with Crippen LogP contribution in [-0.4, -0.2) is 37.7 Å². The van der Waals surface area contributed by atoms with Gasteiger partial charge in [0.25, 0.3) is 5.91 Å². The SMILES string of the molecule is CCOc1ccc(Nc2ncccc2C(=O)Nc2ccc(C)c(-n3nnnc3C)c2)cc1. The Labute approximate surface area is 185 Å². The van der Waals surface area contributed by atoms with Gasteiger partial charge < -0.3 is 15.4 Å². The molecular formula is C23H23N7O2. The molecule has 0 spiro atoms. The number of pyridine rings is 1. The van der Waals surface area contributed by atoms with Crippen LogP contribution in [0.2, 0.25) is 0 Å². The van der Waals surface area contributed by atoms with E-state index in [1.807, 2.05) is 63.2 Å². The summed E-state index contributed by atoms with van der Waals surface area (Å²) >= 11 is 0. The highest BCUT2D eigenvalue weighted by Gasteiger charge is 2.15. The smallest absolute Gasteiger partial charge is 0.259 e. The quantitative estimate of drug-likeness (QED) is 0.456. The van der Waals surface area contributed by atoms with Gasteiger partial charge >= 0.3 is 0 Å². The molecule has 0 atom stereocenters. The van der Waals surface area contributed by atoms with Crippen molar-refractivity contribution in [3.05, 3.63) is 77.7 Å². The maximum absolute atomic E-state index is 13.1. The molecule has 9 heteroatoms. The molecule has 4 rings (SSSR count). The fraction of sp³-hybridized carbons (Fsp3) is 0.174. The zero-order chi connectivity index (χ0) is 22.5. The number of carbonyl (C=O) groups excluding carboxylic acids is 1. The van der Waals surface area contributed by atoms with Crippen molar-refractivity contribution in [1.82, 2.24) is 25.2 Å².